The SMILES string of the molecule is CCCN1C(=O)N/C(=C/c2ccccc2OCc2cccc([N+](=O)[O-])c2)C1=O. The summed E-state index contributed by atoms with van der Waals surface area (Å²) in [4.78, 5) is 35.9. The first-order valence-electron chi connectivity index (χ1n) is 8.79. The number of carbonyl (C=O) groups excluding carboxylic acids is 2. The number of para-hydroxylation sites is 1. The molecule has 0 spiro atoms. The Morgan fingerprint density at radius 3 is 2.71 bits per heavy atom. The van der Waals surface area contributed by atoms with Crippen LogP contribution in [0.15, 0.2) is 54.2 Å². The van der Waals surface area contributed by atoms with Crippen LogP contribution in [0.3, 0.4) is 0 Å². The molecule has 0 saturated carbocycles. The van der Waals surface area contributed by atoms with Gasteiger partial charge in [-0.05, 0) is 24.1 Å². The smallest absolute Gasteiger partial charge is 0.329 e. The number of carbonyl (C=O) groups is 2. The number of nitro benzene ring substituents is 1. The predicted octanol–water partition coefficient (Wildman–Crippen LogP) is 3.48. The van der Waals surface area contributed by atoms with E-state index in [9.17, 15) is 19.7 Å². The van der Waals surface area contributed by atoms with Crippen molar-refractivity contribution in [3.05, 3.63) is 75.5 Å². The molecule has 0 bridgehead atoms. The zero-order chi connectivity index (χ0) is 20.1. The zero-order valence-electron chi connectivity index (χ0n) is 15.3. The lowest BCUT2D eigenvalue weighted by Gasteiger charge is -2.10. The third-order valence-corrected chi connectivity index (χ3v) is 4.14. The Kier molecular flexibility index (Phi) is 5.69. The van der Waals surface area contributed by atoms with Gasteiger partial charge in [0.05, 0.1) is 4.92 Å². The largest absolute Gasteiger partial charge is 0.488 e. The summed E-state index contributed by atoms with van der Waals surface area (Å²) >= 11 is 0. The van der Waals surface area contributed by atoms with Crippen LogP contribution in [0, 0.1) is 10.1 Å². The molecule has 0 unspecified atom stereocenters. The van der Waals surface area contributed by atoms with Crippen LogP contribution in [-0.4, -0.2) is 28.3 Å². The third-order valence-electron chi connectivity index (χ3n) is 4.14. The van der Waals surface area contributed by atoms with Gasteiger partial charge in [0.25, 0.3) is 11.6 Å². The Balaban J connectivity index is 1.79. The van der Waals surface area contributed by atoms with Crippen LogP contribution in [0.2, 0.25) is 0 Å². The molecule has 2 aromatic rings. The van der Waals surface area contributed by atoms with Crippen molar-refractivity contribution in [3.63, 3.8) is 0 Å². The van der Waals surface area contributed by atoms with Gasteiger partial charge in [0.15, 0.2) is 0 Å². The Morgan fingerprint density at radius 1 is 1.18 bits per heavy atom. The molecule has 3 rings (SSSR count). The highest BCUT2D eigenvalue weighted by Crippen LogP contribution is 2.24. The number of non-ortho nitro benzene ring substituents is 1. The second-order valence-corrected chi connectivity index (χ2v) is 6.20. The molecule has 1 heterocycles. The summed E-state index contributed by atoms with van der Waals surface area (Å²) in [5.41, 5.74) is 1.45. The Hall–Kier alpha value is -3.68. The van der Waals surface area contributed by atoms with E-state index in [1.807, 2.05) is 6.92 Å². The van der Waals surface area contributed by atoms with Gasteiger partial charge in [-0.25, -0.2) is 4.79 Å². The van der Waals surface area contributed by atoms with Gasteiger partial charge in [0, 0.05) is 24.2 Å². The van der Waals surface area contributed by atoms with E-state index in [2.05, 4.69) is 5.32 Å². The number of benzene rings is 2. The lowest BCUT2D eigenvalue weighted by Crippen LogP contribution is -2.31. The zero-order valence-corrected chi connectivity index (χ0v) is 15.3. The van der Waals surface area contributed by atoms with Crippen molar-refractivity contribution in [2.75, 3.05) is 6.54 Å². The van der Waals surface area contributed by atoms with Crippen LogP contribution in [0.5, 0.6) is 5.75 Å². The molecule has 0 atom stereocenters. The highest BCUT2D eigenvalue weighted by molar-refractivity contribution is 6.14. The van der Waals surface area contributed by atoms with Crippen LogP contribution < -0.4 is 10.1 Å². The summed E-state index contributed by atoms with van der Waals surface area (Å²) in [6.07, 6.45) is 2.24. The fraction of sp³-hybridized carbons (Fsp3) is 0.200. The van der Waals surface area contributed by atoms with E-state index in [1.54, 1.807) is 42.5 Å². The molecule has 2 aromatic carbocycles. The molecule has 3 amide bonds. The number of urea groups is 1. The molecule has 28 heavy (non-hydrogen) atoms. The number of hydrogen-bond acceptors (Lipinski definition) is 5. The highest BCUT2D eigenvalue weighted by atomic mass is 16.6. The van der Waals surface area contributed by atoms with E-state index in [0.29, 0.717) is 29.8 Å². The van der Waals surface area contributed by atoms with E-state index in [0.717, 1.165) is 0 Å². The van der Waals surface area contributed by atoms with Gasteiger partial charge in [0.1, 0.15) is 18.1 Å². The molecular weight excluding hydrogens is 362 g/mol. The van der Waals surface area contributed by atoms with E-state index in [4.69, 9.17) is 4.74 Å². The molecule has 0 aliphatic carbocycles. The Bertz CT molecular complexity index is 954. The summed E-state index contributed by atoms with van der Waals surface area (Å²) in [6, 6.07) is 12.8. The fourth-order valence-electron chi connectivity index (χ4n) is 2.81. The number of rotatable bonds is 7. The number of ether oxygens (including phenoxy) is 1. The van der Waals surface area contributed by atoms with Gasteiger partial charge in [0.2, 0.25) is 0 Å². The fourth-order valence-corrected chi connectivity index (χ4v) is 2.81. The van der Waals surface area contributed by atoms with Crippen molar-refractivity contribution in [2.24, 2.45) is 0 Å². The topological polar surface area (TPSA) is 102 Å². The summed E-state index contributed by atoms with van der Waals surface area (Å²) in [5.74, 6) is 0.123. The predicted molar refractivity (Wildman–Crippen MR) is 102 cm³/mol. The van der Waals surface area contributed by atoms with E-state index >= 15 is 0 Å². The monoisotopic (exact) mass is 381 g/mol. The molecular formula is C20H19N3O5. The minimum atomic E-state index is -0.460. The standard InChI is InChI=1S/C20H19N3O5/c1-2-10-22-19(24)17(21-20(22)25)12-15-7-3-4-9-18(15)28-13-14-6-5-8-16(11-14)23(26)27/h3-9,11-12H,2,10,13H2,1H3,(H,21,25)/b17-12+. The summed E-state index contributed by atoms with van der Waals surface area (Å²) < 4.78 is 5.80. The van der Waals surface area contributed by atoms with Gasteiger partial charge in [-0.15, -0.1) is 0 Å². The van der Waals surface area contributed by atoms with Crippen molar-refractivity contribution in [1.82, 2.24) is 10.2 Å². The number of amides is 3. The summed E-state index contributed by atoms with van der Waals surface area (Å²) in [7, 11) is 0. The van der Waals surface area contributed by atoms with Gasteiger partial charge >= 0.3 is 6.03 Å². The number of imide groups is 1. The van der Waals surface area contributed by atoms with E-state index < -0.39 is 11.0 Å². The second-order valence-electron chi connectivity index (χ2n) is 6.20. The third kappa shape index (κ3) is 4.17. The number of nitrogens with one attached hydrogen (secondary N) is 1. The lowest BCUT2D eigenvalue weighted by molar-refractivity contribution is -0.384. The van der Waals surface area contributed by atoms with Crippen molar-refractivity contribution in [1.29, 1.82) is 0 Å². The van der Waals surface area contributed by atoms with Gasteiger partial charge in [-0.1, -0.05) is 37.3 Å². The molecule has 1 fully saturated rings. The van der Waals surface area contributed by atoms with E-state index in [-0.39, 0.29) is 23.9 Å². The lowest BCUT2D eigenvalue weighted by atomic mass is 10.1. The van der Waals surface area contributed by atoms with Crippen molar-refractivity contribution in [3.8, 4) is 5.75 Å². The number of nitro groups is 1. The molecule has 8 heteroatoms. The molecule has 1 aliphatic rings. The van der Waals surface area contributed by atoms with Crippen LogP contribution in [0.25, 0.3) is 6.08 Å². The Labute approximate surface area is 161 Å². The summed E-state index contributed by atoms with van der Waals surface area (Å²) in [5, 5.41) is 13.5. The van der Waals surface area contributed by atoms with E-state index in [1.165, 1.54) is 17.0 Å². The maximum Gasteiger partial charge on any atom is 0.329 e. The maximum absolute atomic E-state index is 12.4. The first-order valence-corrected chi connectivity index (χ1v) is 8.79. The molecule has 144 valence electrons. The Morgan fingerprint density at radius 2 is 1.96 bits per heavy atom. The minimum Gasteiger partial charge on any atom is -0.488 e. The normalized spacial score (nSPS) is 15.0. The van der Waals surface area contributed by atoms with Crippen molar-refractivity contribution >= 4 is 23.7 Å². The molecule has 0 aromatic heterocycles. The van der Waals surface area contributed by atoms with Crippen molar-refractivity contribution < 1.29 is 19.2 Å². The maximum atomic E-state index is 12.4. The number of hydrogen-bond donors (Lipinski definition) is 1. The first kappa shape index (κ1) is 19.1. The molecule has 1 saturated heterocycles. The van der Waals surface area contributed by atoms with Crippen LogP contribution in [-0.2, 0) is 11.4 Å². The summed E-state index contributed by atoms with van der Waals surface area (Å²) in [6.45, 7) is 2.37. The highest BCUT2D eigenvalue weighted by Gasteiger charge is 2.32. The van der Waals surface area contributed by atoms with Gasteiger partial charge in [-0.3, -0.25) is 19.8 Å². The van der Waals surface area contributed by atoms with Crippen LogP contribution >= 0.6 is 0 Å². The molecule has 8 nitrogen and oxygen atoms in total. The first-order chi connectivity index (χ1) is 13.5. The molecule has 1 N–H and O–H groups in total. The van der Waals surface area contributed by atoms with Crippen LogP contribution in [0.4, 0.5) is 10.5 Å². The average molecular weight is 381 g/mol. The van der Waals surface area contributed by atoms with Crippen molar-refractivity contribution in [2.45, 2.75) is 20.0 Å². The number of nitrogens with zero attached hydrogens (tertiary/aromatic N) is 2. The molecule has 0 radical (unpaired) electrons. The minimum absolute atomic E-state index is 0.00761. The van der Waals surface area contributed by atoms with Gasteiger partial charge < -0.3 is 10.1 Å². The molecule has 1 aliphatic heterocycles. The van der Waals surface area contributed by atoms with Crippen LogP contribution in [0.1, 0.15) is 24.5 Å². The van der Waals surface area contributed by atoms with Gasteiger partial charge in [-0.2, -0.15) is 0 Å². The quantitative estimate of drug-likeness (QED) is 0.342. The average Bonchev–Trinajstić information content (AvgIpc) is 2.95. The second kappa shape index (κ2) is 8.34.